The molecule has 0 aliphatic heterocycles. The monoisotopic (exact) mass is 246 g/mol. The lowest BCUT2D eigenvalue weighted by molar-refractivity contribution is -0.142. The van der Waals surface area contributed by atoms with Crippen molar-refractivity contribution in [3.8, 4) is 5.75 Å². The van der Waals surface area contributed by atoms with Gasteiger partial charge in [-0.25, -0.2) is 0 Å². The van der Waals surface area contributed by atoms with Gasteiger partial charge in [0, 0.05) is 0 Å². The van der Waals surface area contributed by atoms with Gasteiger partial charge < -0.3 is 9.84 Å². The first kappa shape index (κ1) is 14.0. The fraction of sp³-hybridized carbons (Fsp3) is 0.267. The van der Waals surface area contributed by atoms with Gasteiger partial charge in [-0.05, 0) is 35.4 Å². The van der Waals surface area contributed by atoms with E-state index >= 15 is 0 Å². The molecule has 0 amide bonds. The Hall–Kier alpha value is -2.03. The Morgan fingerprint density at radius 2 is 1.83 bits per heavy atom. The first-order chi connectivity index (χ1) is 8.19. The van der Waals surface area contributed by atoms with E-state index in [1.54, 1.807) is 19.1 Å². The highest BCUT2D eigenvalue weighted by Crippen LogP contribution is 2.21. The Morgan fingerprint density at radius 1 is 1.17 bits per heavy atom. The first-order valence-electron chi connectivity index (χ1n) is 5.56. The van der Waals surface area contributed by atoms with Gasteiger partial charge in [0.1, 0.15) is 5.75 Å². The number of aromatic hydroxyl groups is 1. The van der Waals surface area contributed by atoms with Crippen LogP contribution in [0.1, 0.15) is 19.9 Å². The maximum atomic E-state index is 11.3. The Labute approximate surface area is 107 Å². The average Bonchev–Trinajstić information content (AvgIpc) is 2.29. The molecule has 0 unspecified atom stereocenters. The molecule has 96 valence electrons. The minimum atomic E-state index is -0.217. The molecule has 0 radical (unpaired) electrons. The van der Waals surface area contributed by atoms with E-state index in [4.69, 9.17) is 4.74 Å². The highest BCUT2D eigenvalue weighted by molar-refractivity contribution is 5.85. The molecule has 1 N–H and O–H groups in total. The molecule has 0 fully saturated rings. The predicted octanol–water partition coefficient (Wildman–Crippen LogP) is 3.29. The molecule has 2 aromatic rings. The van der Waals surface area contributed by atoms with Crippen LogP contribution in [0.25, 0.3) is 10.8 Å². The second-order valence-corrected chi connectivity index (χ2v) is 3.85. The number of phenolic OH excluding ortho intramolecular Hbond substituents is 1. The van der Waals surface area contributed by atoms with Crippen molar-refractivity contribution in [1.29, 1.82) is 0 Å². The third-order valence-electron chi connectivity index (χ3n) is 2.54. The summed E-state index contributed by atoms with van der Waals surface area (Å²) in [4.78, 5) is 11.3. The average molecular weight is 246 g/mol. The molecule has 0 aliphatic rings. The molecular formula is C15H18O3. The zero-order valence-corrected chi connectivity index (χ0v) is 9.64. The Morgan fingerprint density at radius 3 is 2.56 bits per heavy atom. The van der Waals surface area contributed by atoms with Crippen LogP contribution >= 0.6 is 0 Å². The largest absolute Gasteiger partial charge is 0.508 e. The molecule has 18 heavy (non-hydrogen) atoms. The lowest BCUT2D eigenvalue weighted by Gasteiger charge is -2.04. The van der Waals surface area contributed by atoms with Crippen molar-refractivity contribution in [2.75, 3.05) is 6.61 Å². The summed E-state index contributed by atoms with van der Waals surface area (Å²) in [6.07, 6.45) is 0.282. The molecule has 2 aromatic carbocycles. The van der Waals surface area contributed by atoms with Crippen molar-refractivity contribution in [1.82, 2.24) is 0 Å². The molecule has 0 spiro atoms. The summed E-state index contributed by atoms with van der Waals surface area (Å²) in [5, 5.41) is 11.3. The number of benzene rings is 2. The fourth-order valence-electron chi connectivity index (χ4n) is 1.77. The zero-order chi connectivity index (χ0) is 12.3. The molecular weight excluding hydrogens is 228 g/mol. The van der Waals surface area contributed by atoms with Gasteiger partial charge in [-0.1, -0.05) is 31.7 Å². The van der Waals surface area contributed by atoms with Gasteiger partial charge in [0.25, 0.3) is 0 Å². The smallest absolute Gasteiger partial charge is 0.310 e. The third-order valence-corrected chi connectivity index (χ3v) is 2.54. The minimum absolute atomic E-state index is 0. The summed E-state index contributed by atoms with van der Waals surface area (Å²) >= 11 is 0. The van der Waals surface area contributed by atoms with Crippen LogP contribution in [0.5, 0.6) is 5.75 Å². The van der Waals surface area contributed by atoms with Crippen LogP contribution in [0, 0.1) is 0 Å². The second kappa shape index (κ2) is 6.05. The van der Waals surface area contributed by atoms with Crippen LogP contribution in [0.15, 0.2) is 36.4 Å². The van der Waals surface area contributed by atoms with E-state index in [1.807, 2.05) is 24.3 Å². The zero-order valence-electron chi connectivity index (χ0n) is 9.64. The van der Waals surface area contributed by atoms with E-state index < -0.39 is 0 Å². The third kappa shape index (κ3) is 3.23. The molecule has 3 nitrogen and oxygen atoms in total. The van der Waals surface area contributed by atoms with E-state index in [0.29, 0.717) is 6.61 Å². The van der Waals surface area contributed by atoms with Crippen molar-refractivity contribution in [2.24, 2.45) is 0 Å². The summed E-state index contributed by atoms with van der Waals surface area (Å²) in [6, 6.07) is 10.9. The molecule has 0 saturated carbocycles. The van der Waals surface area contributed by atoms with Crippen LogP contribution in [0.3, 0.4) is 0 Å². The summed E-state index contributed by atoms with van der Waals surface area (Å²) in [5.41, 5.74) is 0.918. The molecule has 3 heteroatoms. The molecule has 0 saturated heterocycles. The quantitative estimate of drug-likeness (QED) is 0.845. The van der Waals surface area contributed by atoms with E-state index in [9.17, 15) is 9.90 Å². The lowest BCUT2D eigenvalue weighted by atomic mass is 10.0. The maximum Gasteiger partial charge on any atom is 0.310 e. The van der Waals surface area contributed by atoms with Crippen molar-refractivity contribution >= 4 is 16.7 Å². The van der Waals surface area contributed by atoms with Gasteiger partial charge in [0.2, 0.25) is 0 Å². The lowest BCUT2D eigenvalue weighted by Crippen LogP contribution is -2.07. The summed E-state index contributed by atoms with van der Waals surface area (Å²) < 4.78 is 4.90. The highest BCUT2D eigenvalue weighted by Gasteiger charge is 2.04. The van der Waals surface area contributed by atoms with Gasteiger partial charge >= 0.3 is 5.97 Å². The number of esters is 1. The molecule has 0 atom stereocenters. The van der Waals surface area contributed by atoms with Gasteiger partial charge in [-0.2, -0.15) is 0 Å². The SMILES string of the molecule is C.CCOC(=O)Cc1ccc2cc(O)ccc2c1. The number of hydrogen-bond donors (Lipinski definition) is 1. The van der Waals surface area contributed by atoms with Gasteiger partial charge in [-0.15, -0.1) is 0 Å². The van der Waals surface area contributed by atoms with Crippen LogP contribution in [-0.4, -0.2) is 17.7 Å². The van der Waals surface area contributed by atoms with Crippen molar-refractivity contribution in [2.45, 2.75) is 20.8 Å². The molecule has 2 rings (SSSR count). The number of ether oxygens (including phenoxy) is 1. The standard InChI is InChI=1S/C14H14O3.CH4/c1-2-17-14(16)8-10-3-4-12-9-13(15)6-5-11(12)7-10;/h3-7,9,15H,2,8H2,1H3;1H4. The first-order valence-corrected chi connectivity index (χ1v) is 5.56. The van der Waals surface area contributed by atoms with Crippen LogP contribution in [-0.2, 0) is 16.0 Å². The number of carbonyl (C=O) groups is 1. The minimum Gasteiger partial charge on any atom is -0.508 e. The van der Waals surface area contributed by atoms with Gasteiger partial charge in [0.05, 0.1) is 13.0 Å². The number of phenols is 1. The summed E-state index contributed by atoms with van der Waals surface area (Å²) in [7, 11) is 0. The topological polar surface area (TPSA) is 46.5 Å². The van der Waals surface area contributed by atoms with Crippen molar-refractivity contribution in [3.63, 3.8) is 0 Å². The van der Waals surface area contributed by atoms with Crippen LogP contribution in [0.2, 0.25) is 0 Å². The molecule has 0 heterocycles. The van der Waals surface area contributed by atoms with Crippen molar-refractivity contribution in [3.05, 3.63) is 42.0 Å². The number of carbonyl (C=O) groups excluding carboxylic acids is 1. The second-order valence-electron chi connectivity index (χ2n) is 3.85. The van der Waals surface area contributed by atoms with Crippen LogP contribution in [0.4, 0.5) is 0 Å². The van der Waals surface area contributed by atoms with Crippen LogP contribution < -0.4 is 0 Å². The Bertz CT molecular complexity index is 546. The summed E-state index contributed by atoms with van der Waals surface area (Å²) in [5.74, 6) is 0.0290. The highest BCUT2D eigenvalue weighted by atomic mass is 16.5. The van der Waals surface area contributed by atoms with Gasteiger partial charge in [-0.3, -0.25) is 4.79 Å². The molecule has 0 aliphatic carbocycles. The van der Waals surface area contributed by atoms with E-state index in [0.717, 1.165) is 16.3 Å². The molecule has 0 aromatic heterocycles. The summed E-state index contributed by atoms with van der Waals surface area (Å²) in [6.45, 7) is 2.20. The van der Waals surface area contributed by atoms with E-state index in [2.05, 4.69) is 0 Å². The normalized spacial score (nSPS) is 9.83. The number of hydrogen-bond acceptors (Lipinski definition) is 3. The Kier molecular flexibility index (Phi) is 4.72. The Balaban J connectivity index is 0.00000162. The van der Waals surface area contributed by atoms with Gasteiger partial charge in [0.15, 0.2) is 0 Å². The van der Waals surface area contributed by atoms with E-state index in [1.165, 1.54) is 0 Å². The maximum absolute atomic E-state index is 11.3. The molecule has 0 bridgehead atoms. The van der Waals surface area contributed by atoms with Crippen molar-refractivity contribution < 1.29 is 14.6 Å². The number of fused-ring (bicyclic) bond motifs is 1. The predicted molar refractivity (Wildman–Crippen MR) is 72.7 cm³/mol. The van der Waals surface area contributed by atoms with E-state index in [-0.39, 0.29) is 25.6 Å². The fourth-order valence-corrected chi connectivity index (χ4v) is 1.77. The number of rotatable bonds is 3.